The molecule has 4 heteroatoms. The van der Waals surface area contributed by atoms with Crippen LogP contribution in [0, 0.1) is 12.8 Å². The van der Waals surface area contributed by atoms with Gasteiger partial charge < -0.3 is 4.98 Å². The third-order valence-electron chi connectivity index (χ3n) is 3.51. The molecular formula is C12H18F2N2. The number of alkyl halides is 2. The molecule has 0 radical (unpaired) electrons. The smallest absolute Gasteiger partial charge is 0.144 e. The molecule has 0 saturated heterocycles. The largest absolute Gasteiger partial charge is 0.344 e. The lowest BCUT2D eigenvalue weighted by Gasteiger charge is -2.32. The van der Waals surface area contributed by atoms with Gasteiger partial charge in [0.15, 0.2) is 0 Å². The fourth-order valence-electron chi connectivity index (χ4n) is 2.37. The minimum Gasteiger partial charge on any atom is -0.344 e. The topological polar surface area (TPSA) is 28.7 Å². The van der Waals surface area contributed by atoms with Crippen LogP contribution in [0.5, 0.6) is 0 Å². The zero-order chi connectivity index (χ0) is 11.8. The van der Waals surface area contributed by atoms with Crippen LogP contribution in [0.4, 0.5) is 8.78 Å². The Morgan fingerprint density at radius 2 is 2.12 bits per heavy atom. The van der Waals surface area contributed by atoms with Gasteiger partial charge in [-0.25, -0.2) is 13.8 Å². The molecule has 0 aromatic carbocycles. The number of hydrogen-bond acceptors (Lipinski definition) is 1. The van der Waals surface area contributed by atoms with Crippen molar-refractivity contribution in [2.45, 2.75) is 51.4 Å². The van der Waals surface area contributed by atoms with Crippen molar-refractivity contribution in [1.82, 2.24) is 9.97 Å². The van der Waals surface area contributed by atoms with Gasteiger partial charge in [-0.05, 0) is 45.4 Å². The van der Waals surface area contributed by atoms with Crippen LogP contribution in [-0.4, -0.2) is 15.6 Å². The Hall–Kier alpha value is -0.930. The molecule has 0 spiro atoms. The molecule has 1 heterocycles. The summed E-state index contributed by atoms with van der Waals surface area (Å²) in [6, 6.07) is 0. The first kappa shape index (κ1) is 11.6. The lowest BCUT2D eigenvalue weighted by Crippen LogP contribution is -2.27. The summed E-state index contributed by atoms with van der Waals surface area (Å²) in [5, 5.41) is 0. The van der Waals surface area contributed by atoms with Gasteiger partial charge >= 0.3 is 0 Å². The van der Waals surface area contributed by atoms with Crippen LogP contribution in [0.25, 0.3) is 0 Å². The first-order chi connectivity index (χ1) is 7.48. The van der Waals surface area contributed by atoms with Gasteiger partial charge in [0.2, 0.25) is 0 Å². The van der Waals surface area contributed by atoms with Crippen molar-refractivity contribution in [3.05, 3.63) is 17.7 Å². The second kappa shape index (κ2) is 4.15. The van der Waals surface area contributed by atoms with Crippen molar-refractivity contribution in [3.63, 3.8) is 0 Å². The number of hydrogen-bond donors (Lipinski definition) is 1. The summed E-state index contributed by atoms with van der Waals surface area (Å²) in [5.74, 6) is 0.660. The quantitative estimate of drug-likeness (QED) is 0.822. The molecule has 2 rings (SSSR count). The Labute approximate surface area is 94.5 Å². The second-order valence-corrected chi connectivity index (χ2v) is 5.08. The fourth-order valence-corrected chi connectivity index (χ4v) is 2.37. The molecule has 1 aromatic rings. The average Bonchev–Trinajstić information content (AvgIpc) is 2.64. The van der Waals surface area contributed by atoms with E-state index in [2.05, 4.69) is 9.97 Å². The van der Waals surface area contributed by atoms with Gasteiger partial charge in [-0.3, -0.25) is 0 Å². The van der Waals surface area contributed by atoms with Gasteiger partial charge in [0, 0.05) is 0 Å². The zero-order valence-electron chi connectivity index (χ0n) is 9.76. The summed E-state index contributed by atoms with van der Waals surface area (Å²) in [6.07, 6.45) is 2.68. The normalized spacial score (nSPS) is 32.6. The predicted octanol–water partition coefficient (Wildman–Crippen LogP) is 3.65. The highest BCUT2D eigenvalue weighted by Crippen LogP contribution is 2.41. The molecule has 1 aliphatic rings. The molecule has 1 fully saturated rings. The van der Waals surface area contributed by atoms with Crippen molar-refractivity contribution in [1.29, 1.82) is 0 Å². The molecule has 90 valence electrons. The van der Waals surface area contributed by atoms with Crippen molar-refractivity contribution in [3.8, 4) is 0 Å². The monoisotopic (exact) mass is 228 g/mol. The number of H-pyrrole nitrogens is 1. The van der Waals surface area contributed by atoms with Crippen molar-refractivity contribution in [2.75, 3.05) is 0 Å². The lowest BCUT2D eigenvalue weighted by atomic mass is 9.78. The van der Waals surface area contributed by atoms with E-state index in [9.17, 15) is 8.78 Å². The van der Waals surface area contributed by atoms with Crippen LogP contribution in [0.1, 0.15) is 50.3 Å². The number of rotatable bonds is 2. The number of aryl methyl sites for hydroxylation is 1. The van der Waals surface area contributed by atoms with Gasteiger partial charge in [-0.1, -0.05) is 0 Å². The van der Waals surface area contributed by atoms with Gasteiger partial charge in [0.1, 0.15) is 17.7 Å². The summed E-state index contributed by atoms with van der Waals surface area (Å²) < 4.78 is 27.7. The van der Waals surface area contributed by atoms with Crippen molar-refractivity contribution >= 4 is 0 Å². The molecule has 1 N–H and O–H groups in total. The third kappa shape index (κ3) is 2.42. The molecule has 1 aliphatic carbocycles. The minimum atomic E-state index is -1.10. The zero-order valence-corrected chi connectivity index (χ0v) is 9.76. The molecule has 0 amide bonds. The molecule has 0 bridgehead atoms. The minimum absolute atomic E-state index is 0.0660. The highest BCUT2D eigenvalue weighted by atomic mass is 19.1. The first-order valence-corrected chi connectivity index (χ1v) is 5.82. The summed E-state index contributed by atoms with van der Waals surface area (Å²) in [5.41, 5.74) is -0.565. The summed E-state index contributed by atoms with van der Waals surface area (Å²) >= 11 is 0. The Morgan fingerprint density at radius 1 is 1.50 bits per heavy atom. The van der Waals surface area contributed by atoms with Crippen molar-refractivity contribution in [2.24, 2.45) is 5.92 Å². The van der Waals surface area contributed by atoms with Crippen LogP contribution in [0.15, 0.2) is 6.20 Å². The van der Waals surface area contributed by atoms with E-state index in [1.54, 1.807) is 20.0 Å². The highest BCUT2D eigenvalue weighted by Gasteiger charge is 2.35. The number of aromatic nitrogens is 2. The fraction of sp³-hybridized carbons (Fsp3) is 0.750. The van der Waals surface area contributed by atoms with Crippen LogP contribution < -0.4 is 0 Å². The summed E-state index contributed by atoms with van der Waals surface area (Å²) in [6.45, 7) is 3.41. The standard InChI is InChI=1S/C12H18F2N2/c1-8-15-7-10(16-8)11(13)9-3-5-12(2,14)6-4-9/h7,9,11H,3-6H2,1-2H3,(H,15,16). The van der Waals surface area contributed by atoms with E-state index >= 15 is 0 Å². The summed E-state index contributed by atoms with van der Waals surface area (Å²) in [7, 11) is 0. The first-order valence-electron chi connectivity index (χ1n) is 5.82. The average molecular weight is 228 g/mol. The Balaban J connectivity index is 1.99. The lowest BCUT2D eigenvalue weighted by molar-refractivity contribution is 0.0699. The second-order valence-electron chi connectivity index (χ2n) is 5.08. The van der Waals surface area contributed by atoms with Crippen LogP contribution in [0.2, 0.25) is 0 Å². The maximum Gasteiger partial charge on any atom is 0.144 e. The Morgan fingerprint density at radius 3 is 2.62 bits per heavy atom. The number of imidazole rings is 1. The Kier molecular flexibility index (Phi) is 3.00. The third-order valence-corrected chi connectivity index (χ3v) is 3.51. The van der Waals surface area contributed by atoms with Crippen LogP contribution in [0.3, 0.4) is 0 Å². The summed E-state index contributed by atoms with van der Waals surface area (Å²) in [4.78, 5) is 6.91. The highest BCUT2D eigenvalue weighted by molar-refractivity contribution is 5.06. The van der Waals surface area contributed by atoms with Crippen LogP contribution in [-0.2, 0) is 0 Å². The predicted molar refractivity (Wildman–Crippen MR) is 58.6 cm³/mol. The molecule has 1 aromatic heterocycles. The van der Waals surface area contributed by atoms with Gasteiger partial charge in [-0.2, -0.15) is 0 Å². The number of nitrogens with zero attached hydrogens (tertiary/aromatic N) is 1. The van der Waals surface area contributed by atoms with E-state index < -0.39 is 11.8 Å². The van der Waals surface area contributed by atoms with E-state index in [-0.39, 0.29) is 5.92 Å². The molecule has 1 unspecified atom stereocenters. The molecule has 16 heavy (non-hydrogen) atoms. The van der Waals surface area contributed by atoms with Gasteiger partial charge in [-0.15, -0.1) is 0 Å². The molecule has 1 saturated carbocycles. The van der Waals surface area contributed by atoms with Crippen molar-refractivity contribution < 1.29 is 8.78 Å². The van der Waals surface area contributed by atoms with E-state index in [4.69, 9.17) is 0 Å². The maximum absolute atomic E-state index is 14.1. The Bertz CT molecular complexity index is 350. The van der Waals surface area contributed by atoms with Crippen LogP contribution >= 0.6 is 0 Å². The molecule has 2 nitrogen and oxygen atoms in total. The molecule has 0 aliphatic heterocycles. The van der Waals surface area contributed by atoms with E-state index in [1.807, 2.05) is 0 Å². The van der Waals surface area contributed by atoms with Gasteiger partial charge in [0.05, 0.1) is 11.9 Å². The number of halogens is 2. The number of aromatic amines is 1. The van der Waals surface area contributed by atoms with E-state index in [1.165, 1.54) is 0 Å². The number of nitrogens with one attached hydrogen (secondary N) is 1. The molecular weight excluding hydrogens is 210 g/mol. The SMILES string of the molecule is Cc1ncc(C(F)C2CCC(C)(F)CC2)[nH]1. The van der Waals surface area contributed by atoms with E-state index in [0.717, 1.165) is 5.82 Å². The van der Waals surface area contributed by atoms with E-state index in [0.29, 0.717) is 31.4 Å². The van der Waals surface area contributed by atoms with Gasteiger partial charge in [0.25, 0.3) is 0 Å². The molecule has 1 atom stereocenters. The maximum atomic E-state index is 14.1.